The molecule has 0 atom stereocenters. The van der Waals surface area contributed by atoms with Gasteiger partial charge in [-0.2, -0.15) is 0 Å². The summed E-state index contributed by atoms with van der Waals surface area (Å²) in [5.74, 6) is 0. The number of rotatable bonds is 5. The highest BCUT2D eigenvalue weighted by Gasteiger charge is 2.38. The fraction of sp³-hybridized carbons (Fsp3) is 0.778. The summed E-state index contributed by atoms with van der Waals surface area (Å²) in [4.78, 5) is 0. The minimum absolute atomic E-state index is 0.0214. The van der Waals surface area contributed by atoms with Crippen LogP contribution >= 0.6 is 15.9 Å². The van der Waals surface area contributed by atoms with Gasteiger partial charge in [0.1, 0.15) is 0 Å². The molecule has 0 spiro atoms. The van der Waals surface area contributed by atoms with Gasteiger partial charge in [-0.05, 0) is 35.2 Å². The summed E-state index contributed by atoms with van der Waals surface area (Å²) in [7, 11) is -0.501. The fourth-order valence-corrected chi connectivity index (χ4v) is 4.13. The lowest BCUT2D eigenvalue weighted by Crippen LogP contribution is -2.49. The lowest BCUT2D eigenvalue weighted by atomic mass is 9.80. The van der Waals surface area contributed by atoms with Gasteiger partial charge >= 0.3 is 0 Å². The Morgan fingerprint density at radius 2 is 2.22 bits per heavy atom. The van der Waals surface area contributed by atoms with E-state index in [4.69, 9.17) is 4.74 Å². The lowest BCUT2D eigenvalue weighted by Gasteiger charge is -2.40. The molecule has 1 saturated carbocycles. The molecule has 0 aliphatic heterocycles. The van der Waals surface area contributed by atoms with Crippen molar-refractivity contribution in [3.8, 4) is 0 Å². The minimum atomic E-state index is -3.64. The maximum atomic E-state index is 12.1. The maximum absolute atomic E-state index is 12.1. The highest BCUT2D eigenvalue weighted by molar-refractivity contribution is 9.10. The molecule has 102 valence electrons. The van der Waals surface area contributed by atoms with E-state index in [1.165, 1.54) is 11.7 Å². The molecule has 1 aromatic heterocycles. The SMILES string of the molecule is COC1(CNS(=O)(=O)c2c(Br)nnn2C)CCC1. The van der Waals surface area contributed by atoms with Crippen LogP contribution in [0.1, 0.15) is 19.3 Å². The van der Waals surface area contributed by atoms with Crippen LogP contribution in [0.5, 0.6) is 0 Å². The maximum Gasteiger partial charge on any atom is 0.260 e. The average Bonchev–Trinajstić information content (AvgIpc) is 2.58. The summed E-state index contributed by atoms with van der Waals surface area (Å²) in [5, 5.41) is 7.33. The second-order valence-corrected chi connectivity index (χ2v) is 6.81. The highest BCUT2D eigenvalue weighted by Crippen LogP contribution is 2.34. The van der Waals surface area contributed by atoms with E-state index >= 15 is 0 Å². The summed E-state index contributed by atoms with van der Waals surface area (Å²) in [6.07, 6.45) is 2.81. The van der Waals surface area contributed by atoms with E-state index in [0.29, 0.717) is 0 Å². The van der Waals surface area contributed by atoms with Crippen molar-refractivity contribution in [2.24, 2.45) is 7.05 Å². The first-order chi connectivity index (χ1) is 8.40. The van der Waals surface area contributed by atoms with Crippen molar-refractivity contribution < 1.29 is 13.2 Å². The molecule has 0 bridgehead atoms. The first-order valence-corrected chi connectivity index (χ1v) is 7.78. The second kappa shape index (κ2) is 4.87. The molecule has 1 aromatic rings. The fourth-order valence-electron chi connectivity index (χ4n) is 1.93. The van der Waals surface area contributed by atoms with E-state index in [1.54, 1.807) is 7.11 Å². The Labute approximate surface area is 114 Å². The topological polar surface area (TPSA) is 86.1 Å². The number of halogens is 1. The molecule has 1 N–H and O–H groups in total. The number of nitrogens with one attached hydrogen (secondary N) is 1. The second-order valence-electron chi connectivity index (χ2n) is 4.37. The number of aromatic nitrogens is 3. The van der Waals surface area contributed by atoms with Crippen LogP contribution in [0.4, 0.5) is 0 Å². The van der Waals surface area contributed by atoms with Gasteiger partial charge in [-0.15, -0.1) is 5.10 Å². The molecule has 18 heavy (non-hydrogen) atoms. The Balaban J connectivity index is 2.13. The molecule has 0 unspecified atom stereocenters. The zero-order valence-corrected chi connectivity index (χ0v) is 12.6. The van der Waals surface area contributed by atoms with E-state index in [1.807, 2.05) is 0 Å². The van der Waals surface area contributed by atoms with Crippen LogP contribution in [0.2, 0.25) is 0 Å². The van der Waals surface area contributed by atoms with Gasteiger partial charge in [0.05, 0.1) is 5.60 Å². The van der Waals surface area contributed by atoms with Crippen LogP contribution in [-0.2, 0) is 21.8 Å². The molecule has 0 amide bonds. The lowest BCUT2D eigenvalue weighted by molar-refractivity contribution is -0.0659. The van der Waals surface area contributed by atoms with E-state index in [-0.39, 0.29) is 21.8 Å². The number of sulfonamides is 1. The molecule has 7 nitrogen and oxygen atoms in total. The van der Waals surface area contributed by atoms with Crippen LogP contribution in [0.25, 0.3) is 0 Å². The number of hydrogen-bond acceptors (Lipinski definition) is 5. The van der Waals surface area contributed by atoms with E-state index in [9.17, 15) is 8.42 Å². The van der Waals surface area contributed by atoms with Crippen molar-refractivity contribution >= 4 is 26.0 Å². The monoisotopic (exact) mass is 338 g/mol. The molecule has 1 fully saturated rings. The average molecular weight is 339 g/mol. The van der Waals surface area contributed by atoms with Gasteiger partial charge in [-0.1, -0.05) is 5.21 Å². The highest BCUT2D eigenvalue weighted by atomic mass is 79.9. The Bertz CT molecular complexity index is 513. The zero-order valence-electron chi connectivity index (χ0n) is 10.2. The van der Waals surface area contributed by atoms with Gasteiger partial charge in [0.2, 0.25) is 5.03 Å². The first kappa shape index (κ1) is 13.9. The zero-order chi connectivity index (χ0) is 13.4. The molecular weight excluding hydrogens is 324 g/mol. The minimum Gasteiger partial charge on any atom is -0.377 e. The quantitative estimate of drug-likeness (QED) is 0.841. The van der Waals surface area contributed by atoms with Gasteiger partial charge in [-0.25, -0.2) is 17.8 Å². The third-order valence-electron chi connectivity index (χ3n) is 3.27. The molecule has 0 aromatic carbocycles. The number of hydrogen-bond donors (Lipinski definition) is 1. The van der Waals surface area contributed by atoms with Crippen molar-refractivity contribution in [1.29, 1.82) is 0 Å². The molecule has 2 rings (SSSR count). The standard InChI is InChI=1S/C9H15BrN4O3S/c1-14-8(7(10)12-13-14)18(15,16)11-6-9(17-2)4-3-5-9/h11H,3-6H2,1-2H3. The number of aryl methyl sites for hydroxylation is 1. The van der Waals surface area contributed by atoms with Gasteiger partial charge in [0, 0.05) is 20.7 Å². The molecule has 1 aliphatic carbocycles. The van der Waals surface area contributed by atoms with Crippen molar-refractivity contribution in [2.75, 3.05) is 13.7 Å². The predicted molar refractivity (Wildman–Crippen MR) is 67.5 cm³/mol. The van der Waals surface area contributed by atoms with Crippen LogP contribution < -0.4 is 4.72 Å². The molecule has 1 heterocycles. The van der Waals surface area contributed by atoms with Crippen molar-refractivity contribution in [1.82, 2.24) is 19.7 Å². The first-order valence-electron chi connectivity index (χ1n) is 5.50. The Morgan fingerprint density at radius 1 is 1.56 bits per heavy atom. The van der Waals surface area contributed by atoms with Crippen LogP contribution in [0.3, 0.4) is 0 Å². The summed E-state index contributed by atoms with van der Waals surface area (Å²) < 4.78 is 33.6. The summed E-state index contributed by atoms with van der Waals surface area (Å²) in [5.41, 5.74) is -0.356. The molecule has 0 radical (unpaired) electrons. The van der Waals surface area contributed by atoms with Crippen molar-refractivity contribution in [3.63, 3.8) is 0 Å². The van der Waals surface area contributed by atoms with Crippen LogP contribution in [0, 0.1) is 0 Å². The van der Waals surface area contributed by atoms with Gasteiger partial charge in [-0.3, -0.25) is 0 Å². The largest absolute Gasteiger partial charge is 0.377 e. The molecule has 1 aliphatic rings. The van der Waals surface area contributed by atoms with Gasteiger partial charge in [0.15, 0.2) is 4.60 Å². The molecule has 0 saturated heterocycles. The summed E-state index contributed by atoms with van der Waals surface area (Å²) in [6, 6.07) is 0. The van der Waals surface area contributed by atoms with Crippen LogP contribution in [0.15, 0.2) is 9.63 Å². The van der Waals surface area contributed by atoms with E-state index in [2.05, 4.69) is 31.0 Å². The molecule has 9 heteroatoms. The Kier molecular flexibility index (Phi) is 3.77. The van der Waals surface area contributed by atoms with Crippen molar-refractivity contribution in [3.05, 3.63) is 4.60 Å². The van der Waals surface area contributed by atoms with E-state index in [0.717, 1.165) is 19.3 Å². The van der Waals surface area contributed by atoms with Gasteiger partial charge in [0.25, 0.3) is 10.0 Å². The third kappa shape index (κ3) is 2.44. The smallest absolute Gasteiger partial charge is 0.260 e. The Hall–Kier alpha value is -0.510. The number of ether oxygens (including phenoxy) is 1. The van der Waals surface area contributed by atoms with E-state index < -0.39 is 10.0 Å². The van der Waals surface area contributed by atoms with Crippen molar-refractivity contribution in [2.45, 2.75) is 29.9 Å². The van der Waals surface area contributed by atoms with Gasteiger partial charge < -0.3 is 4.74 Å². The third-order valence-corrected chi connectivity index (χ3v) is 5.56. The number of nitrogens with zero attached hydrogens (tertiary/aromatic N) is 3. The summed E-state index contributed by atoms with van der Waals surface area (Å²) >= 11 is 3.08. The van der Waals surface area contributed by atoms with Crippen LogP contribution in [-0.4, -0.2) is 42.7 Å². The molecular formula is C9H15BrN4O3S. The summed E-state index contributed by atoms with van der Waals surface area (Å²) in [6.45, 7) is 0.267. The Morgan fingerprint density at radius 3 is 2.61 bits per heavy atom. The number of methoxy groups -OCH3 is 1. The normalized spacial score (nSPS) is 18.6. The predicted octanol–water partition coefficient (Wildman–Crippen LogP) is 0.425.